The second-order valence-electron chi connectivity index (χ2n) is 4.49. The molecule has 0 spiro atoms. The van der Waals surface area contributed by atoms with Gasteiger partial charge in [-0.2, -0.15) is 0 Å². The second kappa shape index (κ2) is 6.48. The third-order valence-corrected chi connectivity index (χ3v) is 3.41. The number of hydrogen-bond acceptors (Lipinski definition) is 3. The fourth-order valence-electron chi connectivity index (χ4n) is 2.19. The van der Waals surface area contributed by atoms with Gasteiger partial charge in [-0.3, -0.25) is 4.90 Å². The molecule has 2 rings (SSSR count). The molecule has 1 atom stereocenters. The van der Waals surface area contributed by atoms with E-state index < -0.39 is 0 Å². The molecule has 3 nitrogen and oxygen atoms in total. The number of halogens is 2. The van der Waals surface area contributed by atoms with E-state index >= 15 is 0 Å². The third-order valence-electron chi connectivity index (χ3n) is 3.18. The monoisotopic (exact) mass is 272 g/mol. The summed E-state index contributed by atoms with van der Waals surface area (Å²) in [5.41, 5.74) is 0.683. The van der Waals surface area contributed by atoms with E-state index in [4.69, 9.17) is 16.3 Å². The predicted octanol–water partition coefficient (Wildman–Crippen LogP) is 1.90. The molecule has 0 radical (unpaired) electrons. The zero-order valence-electron chi connectivity index (χ0n) is 10.5. The van der Waals surface area contributed by atoms with Crippen molar-refractivity contribution in [3.8, 4) is 0 Å². The zero-order valence-corrected chi connectivity index (χ0v) is 11.2. The van der Waals surface area contributed by atoms with Crippen LogP contribution in [0.5, 0.6) is 0 Å². The van der Waals surface area contributed by atoms with Crippen molar-refractivity contribution in [3.63, 3.8) is 0 Å². The first kappa shape index (κ1) is 13.7. The summed E-state index contributed by atoms with van der Waals surface area (Å²) in [5.74, 6) is -0.239. The van der Waals surface area contributed by atoms with Crippen LogP contribution >= 0.6 is 11.6 Å². The van der Waals surface area contributed by atoms with Crippen LogP contribution in [0.25, 0.3) is 0 Å². The Morgan fingerprint density at radius 1 is 1.56 bits per heavy atom. The maximum absolute atomic E-state index is 13.8. The summed E-state index contributed by atoms with van der Waals surface area (Å²) in [5, 5.41) is 3.58. The van der Waals surface area contributed by atoms with Crippen molar-refractivity contribution in [3.05, 3.63) is 34.6 Å². The van der Waals surface area contributed by atoms with Crippen LogP contribution in [0.1, 0.15) is 5.56 Å². The van der Waals surface area contributed by atoms with E-state index in [1.807, 2.05) is 7.05 Å². The Balaban J connectivity index is 2.06. The minimum absolute atomic E-state index is 0.239. The summed E-state index contributed by atoms with van der Waals surface area (Å²) in [6.45, 7) is 3.66. The highest BCUT2D eigenvalue weighted by Crippen LogP contribution is 2.18. The number of likely N-dealkylation sites (N-methyl/N-ethyl adjacent to an activating group) is 1. The molecule has 0 amide bonds. The Labute approximate surface area is 112 Å². The lowest BCUT2D eigenvalue weighted by Gasteiger charge is -2.35. The first-order valence-corrected chi connectivity index (χ1v) is 6.49. The van der Waals surface area contributed by atoms with Crippen LogP contribution in [-0.4, -0.2) is 44.3 Å². The van der Waals surface area contributed by atoms with Crippen molar-refractivity contribution in [2.75, 3.05) is 33.4 Å². The molecular weight excluding hydrogens is 255 g/mol. The molecule has 5 heteroatoms. The number of nitrogens with zero attached hydrogens (tertiary/aromatic N) is 1. The molecule has 100 valence electrons. The van der Waals surface area contributed by atoms with Crippen LogP contribution in [-0.2, 0) is 11.3 Å². The lowest BCUT2D eigenvalue weighted by Crippen LogP contribution is -2.49. The Bertz CT molecular complexity index is 401. The average Bonchev–Trinajstić information content (AvgIpc) is 2.35. The van der Waals surface area contributed by atoms with E-state index in [1.54, 1.807) is 12.1 Å². The maximum Gasteiger partial charge on any atom is 0.129 e. The molecule has 0 saturated carbocycles. The van der Waals surface area contributed by atoms with Crippen molar-refractivity contribution in [1.82, 2.24) is 10.2 Å². The lowest BCUT2D eigenvalue weighted by atomic mass is 10.1. The molecular formula is C13H18ClFN2O. The molecule has 0 bridgehead atoms. The van der Waals surface area contributed by atoms with Crippen molar-refractivity contribution >= 4 is 11.6 Å². The van der Waals surface area contributed by atoms with Crippen LogP contribution in [0.2, 0.25) is 5.02 Å². The molecule has 0 aromatic heterocycles. The van der Waals surface area contributed by atoms with Crippen LogP contribution < -0.4 is 5.32 Å². The molecule has 1 saturated heterocycles. The first-order chi connectivity index (χ1) is 8.70. The molecule has 1 aromatic rings. The van der Waals surface area contributed by atoms with E-state index in [9.17, 15) is 4.39 Å². The number of morpholine rings is 1. The minimum Gasteiger partial charge on any atom is -0.378 e. The number of hydrogen-bond donors (Lipinski definition) is 1. The van der Waals surface area contributed by atoms with E-state index in [0.717, 1.165) is 13.1 Å². The Morgan fingerprint density at radius 3 is 3.11 bits per heavy atom. The fourth-order valence-corrected chi connectivity index (χ4v) is 2.35. The number of ether oxygens (including phenoxy) is 1. The number of nitrogens with one attached hydrogen (secondary N) is 1. The molecule has 1 heterocycles. The van der Waals surface area contributed by atoms with E-state index in [-0.39, 0.29) is 5.82 Å². The maximum atomic E-state index is 13.8. The van der Waals surface area contributed by atoms with Crippen molar-refractivity contribution < 1.29 is 9.13 Å². The third kappa shape index (κ3) is 3.42. The summed E-state index contributed by atoms with van der Waals surface area (Å²) in [6, 6.07) is 5.14. The summed E-state index contributed by atoms with van der Waals surface area (Å²) in [6.07, 6.45) is 0. The standard InChI is InChI=1S/C13H18ClFN2O/c1-16-7-12-9-18-5-4-17(12)8-10-2-3-11(14)6-13(10)15/h2-3,6,12,16H,4-5,7-9H2,1H3. The Hall–Kier alpha value is -0.680. The SMILES string of the molecule is CNCC1COCCN1Cc1ccc(Cl)cc1F. The van der Waals surface area contributed by atoms with Crippen LogP contribution in [0, 0.1) is 5.82 Å². The van der Waals surface area contributed by atoms with Crippen LogP contribution in [0.4, 0.5) is 4.39 Å². The lowest BCUT2D eigenvalue weighted by molar-refractivity contribution is -0.0107. The summed E-state index contributed by atoms with van der Waals surface area (Å²) < 4.78 is 19.2. The molecule has 1 N–H and O–H groups in total. The number of benzene rings is 1. The van der Waals surface area contributed by atoms with Gasteiger partial charge >= 0.3 is 0 Å². The first-order valence-electron chi connectivity index (χ1n) is 6.11. The zero-order chi connectivity index (χ0) is 13.0. The molecule has 18 heavy (non-hydrogen) atoms. The molecule has 1 unspecified atom stereocenters. The summed E-state index contributed by atoms with van der Waals surface area (Å²) in [7, 11) is 1.91. The predicted molar refractivity (Wildman–Crippen MR) is 70.4 cm³/mol. The van der Waals surface area contributed by atoms with Gasteiger partial charge in [-0.25, -0.2) is 4.39 Å². The summed E-state index contributed by atoms with van der Waals surface area (Å²) in [4.78, 5) is 2.24. The molecule has 1 aromatic carbocycles. The largest absolute Gasteiger partial charge is 0.378 e. The Morgan fingerprint density at radius 2 is 2.39 bits per heavy atom. The molecule has 1 aliphatic rings. The van der Waals surface area contributed by atoms with Crippen LogP contribution in [0.3, 0.4) is 0 Å². The quantitative estimate of drug-likeness (QED) is 0.906. The molecule has 1 aliphatic heterocycles. The minimum atomic E-state index is -0.239. The van der Waals surface area contributed by atoms with Gasteiger partial charge in [0, 0.05) is 36.3 Å². The smallest absolute Gasteiger partial charge is 0.129 e. The van der Waals surface area contributed by atoms with Gasteiger partial charge in [0.2, 0.25) is 0 Å². The van der Waals surface area contributed by atoms with E-state index in [0.29, 0.717) is 36.4 Å². The van der Waals surface area contributed by atoms with E-state index in [2.05, 4.69) is 10.2 Å². The van der Waals surface area contributed by atoms with Gasteiger partial charge in [0.25, 0.3) is 0 Å². The van der Waals surface area contributed by atoms with Crippen LogP contribution in [0.15, 0.2) is 18.2 Å². The highest BCUT2D eigenvalue weighted by atomic mass is 35.5. The van der Waals surface area contributed by atoms with Gasteiger partial charge in [0.05, 0.1) is 13.2 Å². The fraction of sp³-hybridized carbons (Fsp3) is 0.538. The second-order valence-corrected chi connectivity index (χ2v) is 4.93. The Kier molecular flexibility index (Phi) is 4.95. The van der Waals surface area contributed by atoms with Gasteiger partial charge in [-0.15, -0.1) is 0 Å². The average molecular weight is 273 g/mol. The van der Waals surface area contributed by atoms with Gasteiger partial charge in [0.15, 0.2) is 0 Å². The highest BCUT2D eigenvalue weighted by Gasteiger charge is 2.23. The summed E-state index contributed by atoms with van der Waals surface area (Å²) >= 11 is 5.75. The number of rotatable bonds is 4. The van der Waals surface area contributed by atoms with Crippen molar-refractivity contribution in [2.24, 2.45) is 0 Å². The van der Waals surface area contributed by atoms with E-state index in [1.165, 1.54) is 6.07 Å². The van der Waals surface area contributed by atoms with Gasteiger partial charge in [-0.05, 0) is 19.2 Å². The molecule has 1 fully saturated rings. The van der Waals surface area contributed by atoms with Gasteiger partial charge < -0.3 is 10.1 Å². The highest BCUT2D eigenvalue weighted by molar-refractivity contribution is 6.30. The van der Waals surface area contributed by atoms with Crippen molar-refractivity contribution in [1.29, 1.82) is 0 Å². The van der Waals surface area contributed by atoms with Crippen molar-refractivity contribution in [2.45, 2.75) is 12.6 Å². The van der Waals surface area contributed by atoms with Gasteiger partial charge in [-0.1, -0.05) is 17.7 Å². The van der Waals surface area contributed by atoms with Gasteiger partial charge in [0.1, 0.15) is 5.82 Å². The molecule has 0 aliphatic carbocycles. The normalized spacial score (nSPS) is 21.2. The topological polar surface area (TPSA) is 24.5 Å².